The molecule has 16 heavy (non-hydrogen) atoms. The van der Waals surface area contributed by atoms with Crippen molar-refractivity contribution in [2.75, 3.05) is 0 Å². The Labute approximate surface area is 95.6 Å². The number of carbonyl (C=O) groups excluding carboxylic acids is 1. The maximum atomic E-state index is 11.4. The number of carbonyl (C=O) groups is 1. The Kier molecular flexibility index (Phi) is 3.84. The minimum Gasteiger partial charge on any atom is -0.423 e. The molecule has 0 aliphatic rings. The molecule has 0 bridgehead atoms. The number of rotatable bonds is 4. The molecule has 2 heteroatoms. The molecule has 0 spiro atoms. The average molecular weight is 214 g/mol. The smallest absolute Gasteiger partial charge is 0.338 e. The van der Waals surface area contributed by atoms with Crippen molar-refractivity contribution < 1.29 is 9.53 Å². The lowest BCUT2D eigenvalue weighted by Gasteiger charge is -2.09. The molecule has 0 fully saturated rings. The van der Waals surface area contributed by atoms with Crippen molar-refractivity contribution in [1.82, 2.24) is 0 Å². The third-order valence-corrected chi connectivity index (χ3v) is 2.07. The Hall–Kier alpha value is -2.09. The maximum absolute atomic E-state index is 11.4. The fourth-order valence-corrected chi connectivity index (χ4v) is 1.23. The fourth-order valence-electron chi connectivity index (χ4n) is 1.23. The molecular formula is C14H14O2. The highest BCUT2D eigenvalue weighted by Gasteiger charge is 2.09. The van der Waals surface area contributed by atoms with Gasteiger partial charge >= 0.3 is 5.97 Å². The summed E-state index contributed by atoms with van der Waals surface area (Å²) in [5.74, 6) is 0.0321. The van der Waals surface area contributed by atoms with Gasteiger partial charge in [-0.1, -0.05) is 44.0 Å². The van der Waals surface area contributed by atoms with Gasteiger partial charge < -0.3 is 4.74 Å². The molecule has 0 atom stereocenters. The van der Waals surface area contributed by atoms with Gasteiger partial charge in [0.2, 0.25) is 0 Å². The van der Waals surface area contributed by atoms with Gasteiger partial charge in [0.25, 0.3) is 0 Å². The second-order valence-corrected chi connectivity index (χ2v) is 3.34. The SMILES string of the molecule is C=Cc1cccc(OC(=O)C(=C)C)c1C=C. The first-order chi connectivity index (χ1) is 7.60. The molecule has 1 aromatic rings. The highest BCUT2D eigenvalue weighted by Crippen LogP contribution is 2.25. The molecule has 0 N–H and O–H groups in total. The Bertz CT molecular complexity index is 456. The molecule has 1 rings (SSSR count). The van der Waals surface area contributed by atoms with E-state index in [1.54, 1.807) is 31.2 Å². The summed E-state index contributed by atoms with van der Waals surface area (Å²) >= 11 is 0. The molecule has 0 saturated carbocycles. The van der Waals surface area contributed by atoms with Crippen molar-refractivity contribution in [2.45, 2.75) is 6.92 Å². The van der Waals surface area contributed by atoms with Gasteiger partial charge in [-0.25, -0.2) is 4.79 Å². The molecule has 2 nitrogen and oxygen atoms in total. The van der Waals surface area contributed by atoms with Crippen molar-refractivity contribution in [3.05, 3.63) is 54.6 Å². The second-order valence-electron chi connectivity index (χ2n) is 3.34. The van der Waals surface area contributed by atoms with Crippen LogP contribution in [0.5, 0.6) is 5.75 Å². The van der Waals surface area contributed by atoms with Gasteiger partial charge in [0, 0.05) is 11.1 Å². The van der Waals surface area contributed by atoms with Crippen LogP contribution >= 0.6 is 0 Å². The average Bonchev–Trinajstić information content (AvgIpc) is 2.28. The molecule has 82 valence electrons. The first-order valence-electron chi connectivity index (χ1n) is 4.85. The Balaban J connectivity index is 3.13. The lowest BCUT2D eigenvalue weighted by atomic mass is 10.1. The van der Waals surface area contributed by atoms with Crippen LogP contribution in [0, 0.1) is 0 Å². The van der Waals surface area contributed by atoms with Crippen LogP contribution < -0.4 is 4.74 Å². The topological polar surface area (TPSA) is 26.3 Å². The summed E-state index contributed by atoms with van der Waals surface area (Å²) in [6.07, 6.45) is 3.33. The highest BCUT2D eigenvalue weighted by atomic mass is 16.5. The number of hydrogen-bond donors (Lipinski definition) is 0. The lowest BCUT2D eigenvalue weighted by molar-refractivity contribution is -0.130. The molecule has 0 aromatic heterocycles. The monoisotopic (exact) mass is 214 g/mol. The minimum atomic E-state index is -0.440. The summed E-state index contributed by atoms with van der Waals surface area (Å²) in [5.41, 5.74) is 1.99. The summed E-state index contributed by atoms with van der Waals surface area (Å²) in [7, 11) is 0. The summed E-state index contributed by atoms with van der Waals surface area (Å²) in [5, 5.41) is 0. The van der Waals surface area contributed by atoms with Gasteiger partial charge in [0.1, 0.15) is 5.75 Å². The van der Waals surface area contributed by atoms with Gasteiger partial charge in [-0.3, -0.25) is 0 Å². The van der Waals surface area contributed by atoms with Crippen LogP contribution in [0.3, 0.4) is 0 Å². The molecular weight excluding hydrogens is 200 g/mol. The van der Waals surface area contributed by atoms with E-state index in [0.29, 0.717) is 11.3 Å². The maximum Gasteiger partial charge on any atom is 0.338 e. The molecule has 0 aliphatic heterocycles. The van der Waals surface area contributed by atoms with Crippen LogP contribution in [-0.2, 0) is 4.79 Å². The minimum absolute atomic E-state index is 0.360. The lowest BCUT2D eigenvalue weighted by Crippen LogP contribution is -2.09. The molecule has 0 radical (unpaired) electrons. The van der Waals surface area contributed by atoms with Crippen molar-refractivity contribution in [3.8, 4) is 5.75 Å². The zero-order valence-electron chi connectivity index (χ0n) is 9.32. The fraction of sp³-hybridized carbons (Fsp3) is 0.0714. The van der Waals surface area contributed by atoms with E-state index in [0.717, 1.165) is 11.1 Å². The molecule has 0 heterocycles. The van der Waals surface area contributed by atoms with Gasteiger partial charge in [0.05, 0.1) is 0 Å². The Morgan fingerprint density at radius 2 is 2.00 bits per heavy atom. The van der Waals surface area contributed by atoms with Crippen LogP contribution in [0.1, 0.15) is 18.1 Å². The van der Waals surface area contributed by atoms with Crippen LogP contribution in [-0.4, -0.2) is 5.97 Å². The molecule has 0 amide bonds. The van der Waals surface area contributed by atoms with Crippen LogP contribution in [0.15, 0.2) is 43.5 Å². The highest BCUT2D eigenvalue weighted by molar-refractivity contribution is 5.89. The van der Waals surface area contributed by atoms with E-state index < -0.39 is 5.97 Å². The first kappa shape index (κ1) is 12.0. The largest absolute Gasteiger partial charge is 0.423 e. The van der Waals surface area contributed by atoms with E-state index in [1.165, 1.54) is 0 Å². The van der Waals surface area contributed by atoms with Crippen LogP contribution in [0.25, 0.3) is 12.2 Å². The van der Waals surface area contributed by atoms with E-state index in [4.69, 9.17) is 4.74 Å². The normalized spacial score (nSPS) is 9.31. The van der Waals surface area contributed by atoms with E-state index >= 15 is 0 Å². The van der Waals surface area contributed by atoms with Crippen molar-refractivity contribution in [2.24, 2.45) is 0 Å². The molecule has 0 aliphatic carbocycles. The number of ether oxygens (including phenoxy) is 1. The summed E-state index contributed by atoms with van der Waals surface area (Å²) in [4.78, 5) is 11.4. The summed E-state index contributed by atoms with van der Waals surface area (Å²) in [6, 6.07) is 5.39. The van der Waals surface area contributed by atoms with Gasteiger partial charge in [0.15, 0.2) is 0 Å². The summed E-state index contributed by atoms with van der Waals surface area (Å²) < 4.78 is 5.18. The quantitative estimate of drug-likeness (QED) is 0.436. The zero-order chi connectivity index (χ0) is 12.1. The first-order valence-corrected chi connectivity index (χ1v) is 4.85. The van der Waals surface area contributed by atoms with Gasteiger partial charge in [-0.2, -0.15) is 0 Å². The van der Waals surface area contributed by atoms with Crippen molar-refractivity contribution in [3.63, 3.8) is 0 Å². The Morgan fingerprint density at radius 3 is 2.50 bits per heavy atom. The van der Waals surface area contributed by atoms with Gasteiger partial charge in [-0.15, -0.1) is 0 Å². The standard InChI is InChI=1S/C14H14O2/c1-5-11-8-7-9-13(12(11)6-2)16-14(15)10(3)4/h5-9H,1-3H2,4H3. The predicted molar refractivity (Wildman–Crippen MR) is 67.1 cm³/mol. The second kappa shape index (κ2) is 5.12. The molecule has 1 aromatic carbocycles. The van der Waals surface area contributed by atoms with Gasteiger partial charge in [-0.05, 0) is 18.6 Å². The third-order valence-electron chi connectivity index (χ3n) is 2.07. The van der Waals surface area contributed by atoms with E-state index in [9.17, 15) is 4.79 Å². The molecule has 0 saturated heterocycles. The Morgan fingerprint density at radius 1 is 1.31 bits per heavy atom. The van der Waals surface area contributed by atoms with E-state index in [-0.39, 0.29) is 0 Å². The number of benzene rings is 1. The van der Waals surface area contributed by atoms with E-state index in [1.807, 2.05) is 6.07 Å². The number of esters is 1. The zero-order valence-corrected chi connectivity index (χ0v) is 9.32. The summed E-state index contributed by atoms with van der Waals surface area (Å²) in [6.45, 7) is 12.5. The number of hydrogen-bond acceptors (Lipinski definition) is 2. The van der Waals surface area contributed by atoms with Crippen LogP contribution in [0.2, 0.25) is 0 Å². The predicted octanol–water partition coefficient (Wildman–Crippen LogP) is 3.45. The van der Waals surface area contributed by atoms with Crippen molar-refractivity contribution >= 4 is 18.1 Å². The van der Waals surface area contributed by atoms with Crippen molar-refractivity contribution in [1.29, 1.82) is 0 Å². The van der Waals surface area contributed by atoms with Crippen LogP contribution in [0.4, 0.5) is 0 Å². The van der Waals surface area contributed by atoms with E-state index in [2.05, 4.69) is 19.7 Å². The molecule has 0 unspecified atom stereocenters. The third kappa shape index (κ3) is 2.48.